The molecule has 4 nitrogen and oxygen atoms in total. The van der Waals surface area contributed by atoms with Crippen molar-refractivity contribution in [2.45, 2.75) is 5.92 Å². The maximum atomic E-state index is 9.25. The van der Waals surface area contributed by atoms with Gasteiger partial charge in [0, 0.05) is 5.56 Å². The zero-order chi connectivity index (χ0) is 12.5. The Kier molecular flexibility index (Phi) is 2.31. The molecule has 0 saturated carbocycles. The van der Waals surface area contributed by atoms with Gasteiger partial charge in [0.25, 0.3) is 0 Å². The number of rotatable bonds is 1. The van der Waals surface area contributed by atoms with E-state index in [-0.39, 0.29) is 11.8 Å². The number of nitriles is 1. The maximum absolute atomic E-state index is 9.25. The van der Waals surface area contributed by atoms with Gasteiger partial charge in [-0.2, -0.15) is 5.26 Å². The van der Waals surface area contributed by atoms with Gasteiger partial charge >= 0.3 is 0 Å². The van der Waals surface area contributed by atoms with Crippen molar-refractivity contribution in [3.05, 3.63) is 65.4 Å². The SMILES string of the molecule is N#CC1=C(N)Oc2ccccc2[C@H]1c1ccco1. The van der Waals surface area contributed by atoms with Crippen LogP contribution in [0.25, 0.3) is 0 Å². The van der Waals surface area contributed by atoms with E-state index in [1.54, 1.807) is 12.3 Å². The van der Waals surface area contributed by atoms with Crippen LogP contribution in [0.1, 0.15) is 17.2 Å². The van der Waals surface area contributed by atoms with Gasteiger partial charge in [-0.15, -0.1) is 0 Å². The van der Waals surface area contributed by atoms with Crippen LogP contribution in [0, 0.1) is 11.3 Å². The van der Waals surface area contributed by atoms with E-state index in [1.165, 1.54) is 0 Å². The summed E-state index contributed by atoms with van der Waals surface area (Å²) in [6.45, 7) is 0. The van der Waals surface area contributed by atoms with E-state index in [0.29, 0.717) is 17.1 Å². The molecule has 0 amide bonds. The number of allylic oxidation sites excluding steroid dienone is 1. The fraction of sp³-hybridized carbons (Fsp3) is 0.0714. The molecule has 0 aliphatic carbocycles. The van der Waals surface area contributed by atoms with Gasteiger partial charge in [-0.1, -0.05) is 18.2 Å². The van der Waals surface area contributed by atoms with Gasteiger partial charge in [-0.3, -0.25) is 0 Å². The highest BCUT2D eigenvalue weighted by Gasteiger charge is 2.31. The van der Waals surface area contributed by atoms with Crippen LogP contribution >= 0.6 is 0 Å². The second-order valence-corrected chi connectivity index (χ2v) is 3.98. The Morgan fingerprint density at radius 2 is 2.00 bits per heavy atom. The average molecular weight is 238 g/mol. The third-order valence-corrected chi connectivity index (χ3v) is 2.95. The molecule has 1 atom stereocenters. The van der Waals surface area contributed by atoms with Gasteiger partial charge in [0.2, 0.25) is 5.88 Å². The zero-order valence-corrected chi connectivity index (χ0v) is 9.46. The molecule has 4 heteroatoms. The smallest absolute Gasteiger partial charge is 0.205 e. The topological polar surface area (TPSA) is 72.2 Å². The highest BCUT2D eigenvalue weighted by Crippen LogP contribution is 2.41. The summed E-state index contributed by atoms with van der Waals surface area (Å²) in [4.78, 5) is 0. The molecule has 1 aliphatic rings. The Hall–Kier alpha value is -2.67. The van der Waals surface area contributed by atoms with Crippen molar-refractivity contribution in [2.24, 2.45) is 5.73 Å². The van der Waals surface area contributed by atoms with Crippen molar-refractivity contribution >= 4 is 0 Å². The van der Waals surface area contributed by atoms with Crippen molar-refractivity contribution < 1.29 is 9.15 Å². The van der Waals surface area contributed by atoms with Gasteiger partial charge in [-0.25, -0.2) is 0 Å². The molecular formula is C14H10N2O2. The highest BCUT2D eigenvalue weighted by atomic mass is 16.5. The van der Waals surface area contributed by atoms with Gasteiger partial charge in [-0.05, 0) is 18.2 Å². The van der Waals surface area contributed by atoms with E-state index >= 15 is 0 Å². The Morgan fingerprint density at radius 1 is 1.17 bits per heavy atom. The molecule has 0 fully saturated rings. The number of nitrogens with zero attached hydrogens (tertiary/aromatic N) is 1. The first kappa shape index (κ1) is 10.5. The first-order valence-electron chi connectivity index (χ1n) is 5.51. The summed E-state index contributed by atoms with van der Waals surface area (Å²) < 4.78 is 10.9. The van der Waals surface area contributed by atoms with Crippen LogP contribution in [-0.4, -0.2) is 0 Å². The van der Waals surface area contributed by atoms with Crippen molar-refractivity contribution in [3.63, 3.8) is 0 Å². The van der Waals surface area contributed by atoms with Gasteiger partial charge in [0.1, 0.15) is 23.2 Å². The lowest BCUT2D eigenvalue weighted by atomic mass is 9.87. The highest BCUT2D eigenvalue weighted by molar-refractivity contribution is 5.53. The van der Waals surface area contributed by atoms with Gasteiger partial charge in [0.05, 0.1) is 12.2 Å². The number of hydrogen-bond donors (Lipinski definition) is 1. The lowest BCUT2D eigenvalue weighted by molar-refractivity contribution is 0.384. The molecule has 1 aliphatic heterocycles. The van der Waals surface area contributed by atoms with E-state index in [4.69, 9.17) is 14.9 Å². The third kappa shape index (κ3) is 1.45. The second-order valence-electron chi connectivity index (χ2n) is 3.98. The first-order chi connectivity index (χ1) is 8.81. The van der Waals surface area contributed by atoms with Gasteiger partial charge < -0.3 is 14.9 Å². The monoisotopic (exact) mass is 238 g/mol. The number of furan rings is 1. The minimum Gasteiger partial charge on any atom is -0.468 e. The molecule has 1 aromatic carbocycles. The zero-order valence-electron chi connectivity index (χ0n) is 9.46. The van der Waals surface area contributed by atoms with E-state index in [1.807, 2.05) is 30.3 Å². The fourth-order valence-electron chi connectivity index (χ4n) is 2.15. The Labute approximate surface area is 104 Å². The summed E-state index contributed by atoms with van der Waals surface area (Å²) in [7, 11) is 0. The Bertz CT molecular complexity index is 651. The summed E-state index contributed by atoms with van der Waals surface area (Å²) in [6.07, 6.45) is 1.58. The molecule has 2 aromatic rings. The molecule has 0 unspecified atom stereocenters. The van der Waals surface area contributed by atoms with E-state index in [0.717, 1.165) is 5.56 Å². The Morgan fingerprint density at radius 3 is 2.72 bits per heavy atom. The van der Waals surface area contributed by atoms with E-state index < -0.39 is 0 Å². The van der Waals surface area contributed by atoms with Gasteiger partial charge in [0.15, 0.2) is 0 Å². The molecule has 88 valence electrons. The van der Waals surface area contributed by atoms with Crippen LogP contribution in [0.4, 0.5) is 0 Å². The molecule has 2 heterocycles. The quantitative estimate of drug-likeness (QED) is 0.828. The van der Waals surface area contributed by atoms with Crippen LogP contribution in [-0.2, 0) is 0 Å². The molecular weight excluding hydrogens is 228 g/mol. The molecule has 18 heavy (non-hydrogen) atoms. The lowest BCUT2D eigenvalue weighted by Gasteiger charge is -2.24. The van der Waals surface area contributed by atoms with E-state index in [2.05, 4.69) is 6.07 Å². The summed E-state index contributed by atoms with van der Waals surface area (Å²) >= 11 is 0. The lowest BCUT2D eigenvalue weighted by Crippen LogP contribution is -2.20. The Balaban J connectivity index is 2.23. The molecule has 0 radical (unpaired) electrons. The predicted octanol–water partition coefficient (Wildman–Crippen LogP) is 2.50. The maximum Gasteiger partial charge on any atom is 0.205 e. The number of ether oxygens (including phenoxy) is 1. The number of hydrogen-bond acceptors (Lipinski definition) is 4. The van der Waals surface area contributed by atoms with Crippen LogP contribution in [0.2, 0.25) is 0 Å². The normalized spacial score (nSPS) is 17.8. The summed E-state index contributed by atoms with van der Waals surface area (Å²) in [6, 6.07) is 13.2. The number of fused-ring (bicyclic) bond motifs is 1. The van der Waals surface area contributed by atoms with Crippen molar-refractivity contribution in [3.8, 4) is 11.8 Å². The number of benzene rings is 1. The molecule has 0 spiro atoms. The van der Waals surface area contributed by atoms with Crippen LogP contribution in [0.3, 0.4) is 0 Å². The van der Waals surface area contributed by atoms with Crippen LogP contribution in [0.15, 0.2) is 58.5 Å². The number of para-hydroxylation sites is 1. The fourth-order valence-corrected chi connectivity index (χ4v) is 2.15. The largest absolute Gasteiger partial charge is 0.468 e. The molecule has 1 aromatic heterocycles. The summed E-state index contributed by atoms with van der Waals surface area (Å²) in [5, 5.41) is 9.25. The minimum atomic E-state index is -0.296. The van der Waals surface area contributed by atoms with Crippen molar-refractivity contribution in [2.75, 3.05) is 0 Å². The molecule has 0 bridgehead atoms. The van der Waals surface area contributed by atoms with Crippen molar-refractivity contribution in [1.29, 1.82) is 5.26 Å². The molecule has 2 N–H and O–H groups in total. The first-order valence-corrected chi connectivity index (χ1v) is 5.51. The summed E-state index contributed by atoms with van der Waals surface area (Å²) in [5.74, 6) is 1.19. The average Bonchev–Trinajstić information content (AvgIpc) is 2.90. The third-order valence-electron chi connectivity index (χ3n) is 2.95. The van der Waals surface area contributed by atoms with Crippen LogP contribution in [0.5, 0.6) is 5.75 Å². The standard InChI is InChI=1S/C14H10N2O2/c15-8-10-13(12-6-3-7-17-12)9-4-1-2-5-11(9)18-14(10)16/h1-7,13H,16H2/t13-/m1/s1. The van der Waals surface area contributed by atoms with Crippen molar-refractivity contribution in [1.82, 2.24) is 0 Å². The van der Waals surface area contributed by atoms with Crippen LogP contribution < -0.4 is 10.5 Å². The second kappa shape index (κ2) is 3.97. The molecule has 3 rings (SSSR count). The number of nitrogens with two attached hydrogens (primary N) is 1. The van der Waals surface area contributed by atoms with E-state index in [9.17, 15) is 5.26 Å². The molecule has 0 saturated heterocycles. The minimum absolute atomic E-state index is 0.137. The predicted molar refractivity (Wildman–Crippen MR) is 64.4 cm³/mol. The summed E-state index contributed by atoms with van der Waals surface area (Å²) in [5.41, 5.74) is 7.06.